The van der Waals surface area contributed by atoms with Gasteiger partial charge < -0.3 is 18.9 Å². The van der Waals surface area contributed by atoms with Crippen molar-refractivity contribution < 1.29 is 18.9 Å². The van der Waals surface area contributed by atoms with E-state index in [0.717, 1.165) is 45.5 Å². The summed E-state index contributed by atoms with van der Waals surface area (Å²) < 4.78 is 23.1. The first-order chi connectivity index (χ1) is 10.9. The predicted molar refractivity (Wildman–Crippen MR) is 84.7 cm³/mol. The van der Waals surface area contributed by atoms with Crippen LogP contribution < -0.4 is 0 Å². The van der Waals surface area contributed by atoms with Crippen molar-refractivity contribution in [3.05, 3.63) is 0 Å². The van der Waals surface area contributed by atoms with Crippen molar-refractivity contribution in [3.63, 3.8) is 0 Å². The number of hydrogen-bond acceptors (Lipinski definition) is 4. The highest BCUT2D eigenvalue weighted by Crippen LogP contribution is 2.38. The molecule has 0 bridgehead atoms. The van der Waals surface area contributed by atoms with Gasteiger partial charge >= 0.3 is 0 Å². The van der Waals surface area contributed by atoms with Crippen molar-refractivity contribution in [1.82, 2.24) is 0 Å². The van der Waals surface area contributed by atoms with Crippen LogP contribution in [0.2, 0.25) is 0 Å². The van der Waals surface area contributed by atoms with Gasteiger partial charge in [0.15, 0.2) is 12.1 Å². The lowest BCUT2D eigenvalue weighted by atomic mass is 9.94. The van der Waals surface area contributed by atoms with E-state index in [-0.39, 0.29) is 12.1 Å². The SMILES string of the molecule is C(CCCC1COC2(CCCCC2)O1)CCCC1OCCO1. The Morgan fingerprint density at radius 3 is 2.23 bits per heavy atom. The third-order valence-electron chi connectivity index (χ3n) is 5.19. The highest BCUT2D eigenvalue weighted by molar-refractivity contribution is 4.82. The molecule has 1 saturated carbocycles. The van der Waals surface area contributed by atoms with E-state index in [1.165, 1.54) is 51.4 Å². The summed E-state index contributed by atoms with van der Waals surface area (Å²) in [5.74, 6) is -0.190. The maximum atomic E-state index is 6.23. The molecule has 3 rings (SSSR count). The molecule has 0 aromatic rings. The highest BCUT2D eigenvalue weighted by atomic mass is 16.7. The van der Waals surface area contributed by atoms with Gasteiger partial charge in [-0.3, -0.25) is 0 Å². The van der Waals surface area contributed by atoms with E-state index in [9.17, 15) is 0 Å². The maximum absolute atomic E-state index is 6.23. The van der Waals surface area contributed by atoms with E-state index in [4.69, 9.17) is 18.9 Å². The molecule has 2 heterocycles. The van der Waals surface area contributed by atoms with Crippen molar-refractivity contribution in [2.45, 2.75) is 95.2 Å². The second-order valence-corrected chi connectivity index (χ2v) is 7.04. The fourth-order valence-electron chi connectivity index (χ4n) is 3.90. The second-order valence-electron chi connectivity index (χ2n) is 7.04. The van der Waals surface area contributed by atoms with Gasteiger partial charge in [-0.25, -0.2) is 0 Å². The molecule has 22 heavy (non-hydrogen) atoms. The van der Waals surface area contributed by atoms with E-state index in [0.29, 0.717) is 6.10 Å². The highest BCUT2D eigenvalue weighted by Gasteiger charge is 2.41. The molecule has 2 saturated heterocycles. The average Bonchev–Trinajstić information content (AvgIpc) is 3.18. The Hall–Kier alpha value is -0.160. The third kappa shape index (κ3) is 4.92. The molecule has 2 aliphatic heterocycles. The van der Waals surface area contributed by atoms with E-state index in [2.05, 4.69) is 0 Å². The molecule has 0 radical (unpaired) electrons. The zero-order valence-corrected chi connectivity index (χ0v) is 13.9. The molecule has 0 N–H and O–H groups in total. The van der Waals surface area contributed by atoms with Crippen molar-refractivity contribution in [1.29, 1.82) is 0 Å². The molecule has 0 aromatic carbocycles. The van der Waals surface area contributed by atoms with Crippen LogP contribution in [-0.2, 0) is 18.9 Å². The van der Waals surface area contributed by atoms with Crippen LogP contribution in [0.15, 0.2) is 0 Å². The van der Waals surface area contributed by atoms with Crippen molar-refractivity contribution in [2.75, 3.05) is 19.8 Å². The smallest absolute Gasteiger partial charge is 0.168 e. The number of rotatable bonds is 8. The van der Waals surface area contributed by atoms with Crippen molar-refractivity contribution in [2.24, 2.45) is 0 Å². The Morgan fingerprint density at radius 2 is 1.45 bits per heavy atom. The normalized spacial score (nSPS) is 28.6. The molecule has 1 spiro atoms. The number of unbranched alkanes of at least 4 members (excludes halogenated alkanes) is 4. The van der Waals surface area contributed by atoms with Crippen molar-refractivity contribution >= 4 is 0 Å². The van der Waals surface area contributed by atoms with Gasteiger partial charge in [0.25, 0.3) is 0 Å². The van der Waals surface area contributed by atoms with Gasteiger partial charge in [-0.1, -0.05) is 32.1 Å². The van der Waals surface area contributed by atoms with Gasteiger partial charge in [0.1, 0.15) is 0 Å². The van der Waals surface area contributed by atoms with Gasteiger partial charge in [0.05, 0.1) is 25.9 Å². The van der Waals surface area contributed by atoms with Gasteiger partial charge in [-0.2, -0.15) is 0 Å². The Balaban J connectivity index is 1.18. The Bertz CT molecular complexity index is 308. The van der Waals surface area contributed by atoms with E-state index in [1.54, 1.807) is 0 Å². The summed E-state index contributed by atoms with van der Waals surface area (Å²) in [5, 5.41) is 0. The van der Waals surface area contributed by atoms with Gasteiger partial charge in [0, 0.05) is 12.8 Å². The van der Waals surface area contributed by atoms with Gasteiger partial charge in [-0.05, 0) is 32.1 Å². The van der Waals surface area contributed by atoms with E-state index >= 15 is 0 Å². The molecule has 3 aliphatic rings. The summed E-state index contributed by atoms with van der Waals surface area (Å²) in [6.45, 7) is 2.36. The Labute approximate surface area is 134 Å². The third-order valence-corrected chi connectivity index (χ3v) is 5.19. The zero-order chi connectivity index (χ0) is 15.1. The molecule has 4 heteroatoms. The number of ether oxygens (including phenoxy) is 4. The fraction of sp³-hybridized carbons (Fsp3) is 1.00. The first-order valence-electron chi connectivity index (χ1n) is 9.41. The van der Waals surface area contributed by atoms with Crippen LogP contribution in [0.3, 0.4) is 0 Å². The summed E-state index contributed by atoms with van der Waals surface area (Å²) in [4.78, 5) is 0. The quantitative estimate of drug-likeness (QED) is 0.630. The Kier molecular flexibility index (Phi) is 6.54. The molecule has 1 atom stereocenters. The molecule has 128 valence electrons. The maximum Gasteiger partial charge on any atom is 0.168 e. The summed E-state index contributed by atoms with van der Waals surface area (Å²) >= 11 is 0. The van der Waals surface area contributed by atoms with Crippen LogP contribution in [-0.4, -0.2) is 38.0 Å². The molecule has 0 amide bonds. The lowest BCUT2D eigenvalue weighted by molar-refractivity contribution is -0.187. The molecular formula is C18H32O4. The molecule has 1 aliphatic carbocycles. The lowest BCUT2D eigenvalue weighted by Gasteiger charge is -2.31. The Morgan fingerprint density at radius 1 is 0.773 bits per heavy atom. The van der Waals surface area contributed by atoms with Gasteiger partial charge in [0.2, 0.25) is 0 Å². The minimum atomic E-state index is -0.190. The summed E-state index contributed by atoms with van der Waals surface area (Å²) in [7, 11) is 0. The zero-order valence-electron chi connectivity index (χ0n) is 13.9. The molecule has 1 unspecified atom stereocenters. The van der Waals surface area contributed by atoms with Crippen LogP contribution in [0.1, 0.15) is 77.0 Å². The van der Waals surface area contributed by atoms with Crippen LogP contribution in [0.25, 0.3) is 0 Å². The monoisotopic (exact) mass is 312 g/mol. The fourth-order valence-corrected chi connectivity index (χ4v) is 3.90. The largest absolute Gasteiger partial charge is 0.350 e. The average molecular weight is 312 g/mol. The molecule has 4 nitrogen and oxygen atoms in total. The van der Waals surface area contributed by atoms with E-state index < -0.39 is 0 Å². The van der Waals surface area contributed by atoms with Crippen LogP contribution in [0.4, 0.5) is 0 Å². The predicted octanol–water partition coefficient (Wildman–Crippen LogP) is 4.17. The minimum Gasteiger partial charge on any atom is -0.350 e. The van der Waals surface area contributed by atoms with Crippen LogP contribution >= 0.6 is 0 Å². The minimum absolute atomic E-state index is 0.0794. The standard InChI is InChI=1S/C18H32O4/c1(3-6-10-17-19-13-14-20-17)2-5-9-16-15-21-18(22-16)11-7-4-8-12-18/h16-17H,1-15H2. The number of hydrogen-bond donors (Lipinski definition) is 0. The summed E-state index contributed by atoms with van der Waals surface area (Å²) in [5.41, 5.74) is 0. The lowest BCUT2D eigenvalue weighted by Crippen LogP contribution is -2.33. The first-order valence-corrected chi connectivity index (χ1v) is 9.41. The van der Waals surface area contributed by atoms with Gasteiger partial charge in [-0.15, -0.1) is 0 Å². The van der Waals surface area contributed by atoms with Crippen molar-refractivity contribution in [3.8, 4) is 0 Å². The summed E-state index contributed by atoms with van der Waals surface area (Å²) in [6.07, 6.45) is 15.1. The molecular weight excluding hydrogens is 280 g/mol. The first kappa shape index (κ1) is 16.7. The molecule has 0 aromatic heterocycles. The van der Waals surface area contributed by atoms with E-state index in [1.807, 2.05) is 0 Å². The van der Waals surface area contributed by atoms with Crippen LogP contribution in [0.5, 0.6) is 0 Å². The topological polar surface area (TPSA) is 36.9 Å². The van der Waals surface area contributed by atoms with Crippen LogP contribution in [0, 0.1) is 0 Å². The summed E-state index contributed by atoms with van der Waals surface area (Å²) in [6, 6.07) is 0. The second kappa shape index (κ2) is 8.62. The molecule has 3 fully saturated rings.